The van der Waals surface area contributed by atoms with Crippen molar-refractivity contribution in [3.63, 3.8) is 0 Å². The Hall–Kier alpha value is 1.58. The Kier molecular flexibility index (Phi) is 15.9. The third-order valence-electron chi connectivity index (χ3n) is 0.908. The van der Waals surface area contributed by atoms with Crippen LogP contribution in [0.15, 0.2) is 0 Å². The van der Waals surface area contributed by atoms with Gasteiger partial charge in [-0.2, -0.15) is 0 Å². The van der Waals surface area contributed by atoms with E-state index in [-0.39, 0.29) is 52.8 Å². The van der Waals surface area contributed by atoms with Crippen molar-refractivity contribution >= 4 is 7.32 Å². The molecule has 3 nitrogen and oxygen atoms in total. The Bertz CT molecular complexity index is 65.5. The number of hydrogen-bond acceptors (Lipinski definition) is 3. The Morgan fingerprint density at radius 3 is 1.36 bits per heavy atom. The molecule has 0 atom stereocenters. The van der Waals surface area contributed by atoms with E-state index >= 15 is 0 Å². The molecule has 0 N–H and O–H groups in total. The Morgan fingerprint density at radius 2 is 1.18 bits per heavy atom. The summed E-state index contributed by atoms with van der Waals surface area (Å²) in [5.41, 5.74) is 0. The Balaban J connectivity index is -0.000000405. The van der Waals surface area contributed by atoms with Gasteiger partial charge in [0.05, 0.1) is 0 Å². The summed E-state index contributed by atoms with van der Waals surface area (Å²) in [5, 5.41) is 0. The fraction of sp³-hybridized carbons (Fsp3) is 1.00. The van der Waals surface area contributed by atoms with Gasteiger partial charge in [-0.25, -0.2) is 0 Å². The van der Waals surface area contributed by atoms with Crippen molar-refractivity contribution in [3.05, 3.63) is 0 Å². The quantitative estimate of drug-likeness (QED) is 0.458. The first kappa shape index (κ1) is 15.1. The van der Waals surface area contributed by atoms with E-state index in [4.69, 9.17) is 14.0 Å². The molecule has 0 aliphatic rings. The molecule has 0 saturated carbocycles. The summed E-state index contributed by atoms with van der Waals surface area (Å²) < 4.78 is 15.2. The van der Waals surface area contributed by atoms with E-state index in [2.05, 4.69) is 0 Å². The summed E-state index contributed by atoms with van der Waals surface area (Å²) in [4.78, 5) is 0. The number of hydrogen-bond donors (Lipinski definition) is 0. The smallest absolute Gasteiger partial charge is 1.00 e. The Labute approximate surface area is 113 Å². The van der Waals surface area contributed by atoms with Crippen LogP contribution >= 0.6 is 0 Å². The maximum absolute atomic E-state index is 5.08. The van der Waals surface area contributed by atoms with E-state index in [1.165, 1.54) is 0 Å². The van der Waals surface area contributed by atoms with Crippen LogP contribution in [0.25, 0.3) is 0 Å². The molecule has 0 bridgehead atoms. The molecule has 0 aromatic carbocycles. The predicted molar refractivity (Wildman–Crippen MR) is 41.7 cm³/mol. The summed E-state index contributed by atoms with van der Waals surface area (Å²) in [6, 6.07) is 0. The Morgan fingerprint density at radius 1 is 0.909 bits per heavy atom. The van der Waals surface area contributed by atoms with Crippen LogP contribution in [0.5, 0.6) is 0 Å². The van der Waals surface area contributed by atoms with Gasteiger partial charge in [0.1, 0.15) is 0 Å². The van der Waals surface area contributed by atoms with Crippen molar-refractivity contribution in [3.8, 4) is 0 Å². The molecule has 0 rings (SSSR count). The second-order valence-electron chi connectivity index (χ2n) is 1.65. The predicted octanol–water partition coefficient (Wildman–Crippen LogP) is -1.80. The summed E-state index contributed by atoms with van der Waals surface area (Å²) in [7, 11) is -0.472. The molecular weight excluding hydrogens is 170 g/mol. The molecule has 11 heavy (non-hydrogen) atoms. The van der Waals surface area contributed by atoms with Crippen molar-refractivity contribution in [2.75, 3.05) is 19.8 Å². The normalized spacial score (nSPS) is 9.00. The van der Waals surface area contributed by atoms with Crippen LogP contribution in [0.4, 0.5) is 0 Å². The maximum atomic E-state index is 5.08. The van der Waals surface area contributed by atoms with Gasteiger partial charge in [-0.3, -0.25) is 0 Å². The van der Waals surface area contributed by atoms with Crippen molar-refractivity contribution in [2.45, 2.75) is 20.8 Å². The molecule has 0 spiro atoms. The molecule has 0 aliphatic carbocycles. The van der Waals surface area contributed by atoms with Crippen molar-refractivity contribution < 1.29 is 66.8 Å². The van der Waals surface area contributed by atoms with Crippen LogP contribution < -0.4 is 51.4 Å². The zero-order chi connectivity index (χ0) is 7.82. The van der Waals surface area contributed by atoms with Crippen molar-refractivity contribution in [1.29, 1.82) is 0 Å². The average molecular weight is 186 g/mol. The minimum absolute atomic E-state index is 0. The van der Waals surface area contributed by atoms with Crippen LogP contribution in [-0.2, 0) is 14.0 Å². The minimum Gasteiger partial charge on any atom is -1.00 e. The summed E-state index contributed by atoms with van der Waals surface area (Å²) in [5.74, 6) is 0. The molecule has 0 unspecified atom stereocenters. The molecule has 0 saturated heterocycles. The maximum Gasteiger partial charge on any atom is 1.00 e. The zero-order valence-corrected chi connectivity index (χ0v) is 11.0. The second kappa shape index (κ2) is 11.6. The third-order valence-corrected chi connectivity index (χ3v) is 0.908. The standard InChI is InChI=1S/C6H15BO3.K.H/c1-4-8-7(9-5-2)10-6-3;;/h4-6H2,1-3H3;;/q;+1;-1. The monoisotopic (exact) mass is 186 g/mol. The first-order valence-corrected chi connectivity index (χ1v) is 3.69. The molecule has 0 aromatic heterocycles. The second-order valence-corrected chi connectivity index (χ2v) is 1.65. The van der Waals surface area contributed by atoms with Crippen molar-refractivity contribution in [1.82, 2.24) is 0 Å². The molecule has 62 valence electrons. The van der Waals surface area contributed by atoms with E-state index in [1.54, 1.807) is 0 Å². The molecule has 0 aliphatic heterocycles. The zero-order valence-electron chi connectivity index (χ0n) is 8.92. The molecule has 0 radical (unpaired) electrons. The summed E-state index contributed by atoms with van der Waals surface area (Å²) in [6.07, 6.45) is 0. The van der Waals surface area contributed by atoms with Crippen LogP contribution in [0.1, 0.15) is 22.2 Å². The van der Waals surface area contributed by atoms with Crippen LogP contribution in [-0.4, -0.2) is 27.1 Å². The van der Waals surface area contributed by atoms with Crippen LogP contribution in [0.3, 0.4) is 0 Å². The molecular formula is C6H16BKO3. The van der Waals surface area contributed by atoms with E-state index in [9.17, 15) is 0 Å². The van der Waals surface area contributed by atoms with Gasteiger partial charge in [-0.05, 0) is 20.8 Å². The van der Waals surface area contributed by atoms with Gasteiger partial charge in [-0.1, -0.05) is 0 Å². The van der Waals surface area contributed by atoms with Gasteiger partial charge in [0.15, 0.2) is 0 Å². The van der Waals surface area contributed by atoms with Gasteiger partial charge < -0.3 is 15.4 Å². The largest absolute Gasteiger partial charge is 1.00 e. The van der Waals surface area contributed by atoms with E-state index in [0.29, 0.717) is 19.8 Å². The first-order chi connectivity index (χ1) is 4.85. The van der Waals surface area contributed by atoms with E-state index < -0.39 is 7.32 Å². The molecule has 0 fully saturated rings. The third kappa shape index (κ3) is 9.50. The van der Waals surface area contributed by atoms with E-state index in [1.807, 2.05) is 20.8 Å². The van der Waals surface area contributed by atoms with Gasteiger partial charge in [0.25, 0.3) is 0 Å². The van der Waals surface area contributed by atoms with Gasteiger partial charge in [-0.15, -0.1) is 0 Å². The SMILES string of the molecule is CCOB(OCC)OCC.[H-].[K+]. The summed E-state index contributed by atoms with van der Waals surface area (Å²) in [6.45, 7) is 7.57. The fourth-order valence-corrected chi connectivity index (χ4v) is 0.553. The van der Waals surface area contributed by atoms with Gasteiger partial charge in [0.2, 0.25) is 0 Å². The van der Waals surface area contributed by atoms with E-state index in [0.717, 1.165) is 0 Å². The molecule has 5 heteroatoms. The van der Waals surface area contributed by atoms with Crippen LogP contribution in [0, 0.1) is 0 Å². The molecule has 0 heterocycles. The first-order valence-electron chi connectivity index (χ1n) is 3.69. The van der Waals surface area contributed by atoms with Crippen molar-refractivity contribution in [2.24, 2.45) is 0 Å². The molecule has 0 amide bonds. The minimum atomic E-state index is -0.472. The van der Waals surface area contributed by atoms with Gasteiger partial charge >= 0.3 is 58.7 Å². The fourth-order valence-electron chi connectivity index (χ4n) is 0.553. The number of rotatable bonds is 6. The van der Waals surface area contributed by atoms with Gasteiger partial charge in [0, 0.05) is 19.8 Å². The topological polar surface area (TPSA) is 27.7 Å². The summed E-state index contributed by atoms with van der Waals surface area (Å²) >= 11 is 0. The van der Waals surface area contributed by atoms with Crippen LogP contribution in [0.2, 0.25) is 0 Å². The molecule has 0 aromatic rings. The average Bonchev–Trinajstić information content (AvgIpc) is 1.90.